The fourth-order valence-electron chi connectivity index (χ4n) is 2.22. The van der Waals surface area contributed by atoms with Crippen molar-refractivity contribution in [2.45, 2.75) is 13.0 Å². The van der Waals surface area contributed by atoms with Gasteiger partial charge in [-0.3, -0.25) is 9.59 Å². The number of methoxy groups -OCH3 is 1. The highest BCUT2D eigenvalue weighted by molar-refractivity contribution is 5.97. The van der Waals surface area contributed by atoms with Gasteiger partial charge in [-0.15, -0.1) is 0 Å². The number of halogens is 3. The molecule has 0 aromatic heterocycles. The number of rotatable bonds is 7. The van der Waals surface area contributed by atoms with Crippen LogP contribution in [0, 0.1) is 17.5 Å². The van der Waals surface area contributed by atoms with E-state index in [4.69, 9.17) is 9.47 Å². The van der Waals surface area contributed by atoms with E-state index in [1.54, 1.807) is 18.2 Å². The number of amides is 2. The molecule has 0 heterocycles. The van der Waals surface area contributed by atoms with Crippen molar-refractivity contribution >= 4 is 23.5 Å². The second-order valence-electron chi connectivity index (χ2n) is 5.74. The molecule has 2 amide bonds. The van der Waals surface area contributed by atoms with Crippen molar-refractivity contribution in [3.63, 3.8) is 0 Å². The van der Waals surface area contributed by atoms with Gasteiger partial charge in [-0.2, -0.15) is 0 Å². The van der Waals surface area contributed by atoms with Crippen LogP contribution < -0.4 is 15.4 Å². The second-order valence-corrected chi connectivity index (χ2v) is 5.74. The third-order valence-electron chi connectivity index (χ3n) is 3.71. The van der Waals surface area contributed by atoms with Crippen LogP contribution in [0.25, 0.3) is 0 Å². The average Bonchev–Trinajstić information content (AvgIpc) is 2.72. The molecule has 0 fully saturated rings. The average molecular weight is 410 g/mol. The normalized spacial score (nSPS) is 11.3. The lowest BCUT2D eigenvalue weighted by molar-refractivity contribution is -0.130. The molecule has 1 atom stereocenters. The van der Waals surface area contributed by atoms with Gasteiger partial charge in [-0.25, -0.2) is 18.0 Å². The minimum atomic E-state index is -1.73. The maximum Gasteiger partial charge on any atom is 0.342 e. The van der Waals surface area contributed by atoms with E-state index < -0.39 is 53.6 Å². The molecule has 0 radical (unpaired) electrons. The van der Waals surface area contributed by atoms with Crippen LogP contribution in [0.3, 0.4) is 0 Å². The Labute approximate surface area is 163 Å². The molecule has 1 unspecified atom stereocenters. The molecule has 0 aliphatic heterocycles. The lowest BCUT2D eigenvalue weighted by atomic mass is 10.2. The van der Waals surface area contributed by atoms with E-state index >= 15 is 0 Å². The van der Waals surface area contributed by atoms with Crippen molar-refractivity contribution in [3.8, 4) is 5.75 Å². The summed E-state index contributed by atoms with van der Waals surface area (Å²) in [5.41, 5.74) is -0.472. The first kappa shape index (κ1) is 21.7. The number of nitrogens with one attached hydrogen (secondary N) is 2. The van der Waals surface area contributed by atoms with Crippen molar-refractivity contribution in [1.29, 1.82) is 0 Å². The topological polar surface area (TPSA) is 93.7 Å². The smallest absolute Gasteiger partial charge is 0.342 e. The van der Waals surface area contributed by atoms with Crippen LogP contribution in [0.4, 0.5) is 18.9 Å². The number of hydrogen-bond acceptors (Lipinski definition) is 5. The zero-order valence-electron chi connectivity index (χ0n) is 15.4. The predicted molar refractivity (Wildman–Crippen MR) is 95.8 cm³/mol. The Morgan fingerprint density at radius 1 is 1.03 bits per heavy atom. The van der Waals surface area contributed by atoms with Crippen LogP contribution in [0.1, 0.15) is 17.3 Å². The molecule has 0 bridgehead atoms. The van der Waals surface area contributed by atoms with Crippen molar-refractivity contribution in [3.05, 3.63) is 59.4 Å². The van der Waals surface area contributed by atoms with E-state index in [2.05, 4.69) is 5.32 Å². The Morgan fingerprint density at radius 2 is 1.72 bits per heavy atom. The largest absolute Gasteiger partial charge is 0.496 e. The summed E-state index contributed by atoms with van der Waals surface area (Å²) in [7, 11) is 1.37. The van der Waals surface area contributed by atoms with E-state index in [9.17, 15) is 27.6 Å². The summed E-state index contributed by atoms with van der Waals surface area (Å²) >= 11 is 0. The fourth-order valence-corrected chi connectivity index (χ4v) is 2.22. The van der Waals surface area contributed by atoms with Crippen LogP contribution in [0.5, 0.6) is 5.75 Å². The van der Waals surface area contributed by atoms with Crippen LogP contribution in [0.15, 0.2) is 36.4 Å². The van der Waals surface area contributed by atoms with Gasteiger partial charge < -0.3 is 20.1 Å². The third kappa shape index (κ3) is 5.47. The van der Waals surface area contributed by atoms with Gasteiger partial charge in [0.15, 0.2) is 23.6 Å². The quantitative estimate of drug-likeness (QED) is 0.540. The highest BCUT2D eigenvalue weighted by Crippen LogP contribution is 2.20. The van der Waals surface area contributed by atoms with Gasteiger partial charge in [0, 0.05) is 0 Å². The maximum absolute atomic E-state index is 13.5. The van der Waals surface area contributed by atoms with Crippen LogP contribution in [-0.2, 0) is 14.3 Å². The van der Waals surface area contributed by atoms with Gasteiger partial charge in [0.05, 0.1) is 19.3 Å². The number of hydrogen-bond donors (Lipinski definition) is 2. The van der Waals surface area contributed by atoms with Crippen LogP contribution in [0.2, 0.25) is 0 Å². The summed E-state index contributed by atoms with van der Waals surface area (Å²) in [6, 6.07) is 7.72. The third-order valence-corrected chi connectivity index (χ3v) is 3.71. The summed E-state index contributed by atoms with van der Waals surface area (Å²) in [5.74, 6) is -6.94. The van der Waals surface area contributed by atoms with Gasteiger partial charge >= 0.3 is 5.97 Å². The molecule has 0 spiro atoms. The Kier molecular flexibility index (Phi) is 7.18. The molecule has 0 saturated carbocycles. The first-order valence-electron chi connectivity index (χ1n) is 8.29. The number of carbonyl (C=O) groups is 3. The highest BCUT2D eigenvalue weighted by atomic mass is 19.2. The van der Waals surface area contributed by atoms with Gasteiger partial charge in [0.2, 0.25) is 5.91 Å². The van der Waals surface area contributed by atoms with Crippen molar-refractivity contribution in [2.75, 3.05) is 19.0 Å². The number of benzene rings is 2. The second kappa shape index (κ2) is 9.58. The van der Waals surface area contributed by atoms with Crippen LogP contribution in [-0.4, -0.2) is 37.5 Å². The molecule has 2 aromatic carbocycles. The molecule has 7 nitrogen and oxygen atoms in total. The van der Waals surface area contributed by atoms with E-state index in [0.29, 0.717) is 6.07 Å². The number of carbonyl (C=O) groups excluding carboxylic acids is 3. The zero-order chi connectivity index (χ0) is 21.6. The van der Waals surface area contributed by atoms with E-state index in [1.165, 1.54) is 20.1 Å². The van der Waals surface area contributed by atoms with Crippen molar-refractivity contribution in [1.82, 2.24) is 5.32 Å². The van der Waals surface area contributed by atoms with Gasteiger partial charge in [-0.1, -0.05) is 12.1 Å². The fraction of sp³-hybridized carbons (Fsp3) is 0.211. The Balaban J connectivity index is 1.89. The molecular formula is C19H17F3N2O5. The van der Waals surface area contributed by atoms with Crippen LogP contribution >= 0.6 is 0 Å². The molecule has 2 rings (SSSR count). The molecular weight excluding hydrogens is 393 g/mol. The molecule has 0 aliphatic carbocycles. The van der Waals surface area contributed by atoms with Gasteiger partial charge in [0.25, 0.3) is 5.91 Å². The van der Waals surface area contributed by atoms with E-state index in [0.717, 1.165) is 6.07 Å². The molecule has 0 saturated heterocycles. The Hall–Kier alpha value is -3.56. The van der Waals surface area contributed by atoms with Gasteiger partial charge in [-0.05, 0) is 31.2 Å². The number of para-hydroxylation sites is 1. The van der Waals surface area contributed by atoms with Crippen molar-refractivity contribution in [2.24, 2.45) is 0 Å². The molecule has 2 N–H and O–H groups in total. The number of anilines is 1. The summed E-state index contributed by atoms with van der Waals surface area (Å²) in [6.45, 7) is 0.670. The molecule has 0 aliphatic rings. The summed E-state index contributed by atoms with van der Waals surface area (Å²) in [6.07, 6.45) is -1.25. The van der Waals surface area contributed by atoms with Gasteiger partial charge in [0.1, 0.15) is 11.3 Å². The standard InChI is InChI=1S/C19H17F3N2O5/c1-10(29-19(27)11-5-3-4-6-14(11)28-2)18(26)23-9-15(25)24-13-8-7-12(20)16(21)17(13)22/h3-8,10H,9H2,1-2H3,(H,23,26)(H,24,25). The maximum atomic E-state index is 13.5. The van der Waals surface area contributed by atoms with E-state index in [1.807, 2.05) is 5.32 Å². The first-order chi connectivity index (χ1) is 13.7. The number of ether oxygens (including phenoxy) is 2. The molecule has 10 heteroatoms. The predicted octanol–water partition coefficient (Wildman–Crippen LogP) is 2.41. The zero-order valence-corrected chi connectivity index (χ0v) is 15.4. The highest BCUT2D eigenvalue weighted by Gasteiger charge is 2.22. The first-order valence-corrected chi connectivity index (χ1v) is 8.29. The van der Waals surface area contributed by atoms with Crippen molar-refractivity contribution < 1.29 is 37.0 Å². The lowest BCUT2D eigenvalue weighted by Gasteiger charge is -2.14. The minimum Gasteiger partial charge on any atom is -0.496 e. The number of esters is 1. The SMILES string of the molecule is COc1ccccc1C(=O)OC(C)C(=O)NCC(=O)Nc1ccc(F)c(F)c1F. The molecule has 2 aromatic rings. The summed E-state index contributed by atoms with van der Waals surface area (Å²) in [4.78, 5) is 35.9. The summed E-state index contributed by atoms with van der Waals surface area (Å²) < 4.78 is 49.6. The Bertz CT molecular complexity index is 936. The monoisotopic (exact) mass is 410 g/mol. The lowest BCUT2D eigenvalue weighted by Crippen LogP contribution is -2.40. The van der Waals surface area contributed by atoms with E-state index in [-0.39, 0.29) is 11.3 Å². The summed E-state index contributed by atoms with van der Waals surface area (Å²) in [5, 5.41) is 4.18. The Morgan fingerprint density at radius 3 is 2.41 bits per heavy atom. The minimum absolute atomic E-state index is 0.112. The molecule has 29 heavy (non-hydrogen) atoms. The molecule has 154 valence electrons.